The molecule has 116 valence electrons. The van der Waals surface area contributed by atoms with Crippen LogP contribution in [0.15, 0.2) is 53.1 Å². The molecule has 0 spiro atoms. The Balaban J connectivity index is 1.72. The number of ketones is 1. The van der Waals surface area contributed by atoms with Crippen LogP contribution in [0.2, 0.25) is 0 Å². The molecule has 0 atom stereocenters. The van der Waals surface area contributed by atoms with Gasteiger partial charge in [-0.2, -0.15) is 0 Å². The molecule has 23 heavy (non-hydrogen) atoms. The van der Waals surface area contributed by atoms with E-state index < -0.39 is 0 Å². The molecule has 0 bridgehead atoms. The third-order valence-electron chi connectivity index (χ3n) is 3.74. The van der Waals surface area contributed by atoms with Crippen LogP contribution in [0.4, 0.5) is 5.69 Å². The van der Waals surface area contributed by atoms with Crippen molar-refractivity contribution >= 4 is 28.3 Å². The van der Waals surface area contributed by atoms with Crippen molar-refractivity contribution in [3.8, 4) is 0 Å². The van der Waals surface area contributed by atoms with Gasteiger partial charge >= 0.3 is 0 Å². The molecule has 3 rings (SSSR count). The Bertz CT molecular complexity index is 875. The van der Waals surface area contributed by atoms with Gasteiger partial charge in [0.05, 0.1) is 12.7 Å². The maximum absolute atomic E-state index is 12.2. The molecule has 4 nitrogen and oxygen atoms in total. The molecule has 0 aliphatic carbocycles. The fourth-order valence-electron chi connectivity index (χ4n) is 2.49. The molecular weight excluding hydrogens is 290 g/mol. The molecule has 2 aromatic carbocycles. The monoisotopic (exact) mass is 307 g/mol. The van der Waals surface area contributed by atoms with Crippen LogP contribution in [-0.2, 0) is 11.2 Å². The lowest BCUT2D eigenvalue weighted by Crippen LogP contribution is -2.14. The van der Waals surface area contributed by atoms with Crippen molar-refractivity contribution in [2.75, 3.05) is 5.32 Å². The molecule has 0 unspecified atom stereocenters. The lowest BCUT2D eigenvalue weighted by molar-refractivity contribution is -0.115. The quantitative estimate of drug-likeness (QED) is 0.737. The first-order valence-corrected chi connectivity index (χ1v) is 7.40. The number of nitrogens with one attached hydrogen (secondary N) is 1. The summed E-state index contributed by atoms with van der Waals surface area (Å²) in [4.78, 5) is 23.4. The van der Waals surface area contributed by atoms with Gasteiger partial charge in [-0.1, -0.05) is 12.1 Å². The van der Waals surface area contributed by atoms with E-state index in [1.165, 1.54) is 6.92 Å². The predicted octanol–water partition coefficient (Wildman–Crippen LogP) is 4.13. The SMILES string of the molecule is CC(=O)c1ccc(NC(=O)Cc2coc3cc(C)ccc23)cc1. The van der Waals surface area contributed by atoms with E-state index in [9.17, 15) is 9.59 Å². The van der Waals surface area contributed by atoms with Crippen LogP contribution in [-0.4, -0.2) is 11.7 Å². The van der Waals surface area contributed by atoms with Gasteiger partial charge in [-0.05, 0) is 49.7 Å². The van der Waals surface area contributed by atoms with Crippen molar-refractivity contribution in [2.45, 2.75) is 20.3 Å². The highest BCUT2D eigenvalue weighted by Gasteiger charge is 2.11. The largest absolute Gasteiger partial charge is 0.464 e. The average molecular weight is 307 g/mol. The van der Waals surface area contributed by atoms with Gasteiger partial charge in [0.15, 0.2) is 5.78 Å². The highest BCUT2D eigenvalue weighted by atomic mass is 16.3. The van der Waals surface area contributed by atoms with Gasteiger partial charge in [0.25, 0.3) is 0 Å². The van der Waals surface area contributed by atoms with Crippen LogP contribution < -0.4 is 5.32 Å². The topological polar surface area (TPSA) is 59.3 Å². The predicted molar refractivity (Wildman–Crippen MR) is 89.7 cm³/mol. The number of rotatable bonds is 4. The maximum Gasteiger partial charge on any atom is 0.228 e. The van der Waals surface area contributed by atoms with Crippen LogP contribution in [0, 0.1) is 6.92 Å². The van der Waals surface area contributed by atoms with Crippen LogP contribution in [0.3, 0.4) is 0 Å². The van der Waals surface area contributed by atoms with E-state index in [0.29, 0.717) is 11.3 Å². The summed E-state index contributed by atoms with van der Waals surface area (Å²) in [5.41, 5.74) is 4.06. The fourth-order valence-corrected chi connectivity index (χ4v) is 2.49. The first-order chi connectivity index (χ1) is 11.0. The molecule has 0 saturated heterocycles. The van der Waals surface area contributed by atoms with Crippen LogP contribution in [0.5, 0.6) is 0 Å². The molecule has 1 amide bonds. The second-order valence-corrected chi connectivity index (χ2v) is 5.62. The lowest BCUT2D eigenvalue weighted by atomic mass is 10.1. The summed E-state index contributed by atoms with van der Waals surface area (Å²) in [6.07, 6.45) is 1.87. The Labute approximate surface area is 134 Å². The number of carbonyl (C=O) groups excluding carboxylic acids is 2. The summed E-state index contributed by atoms with van der Waals surface area (Å²) in [5.74, 6) is -0.119. The van der Waals surface area contributed by atoms with Crippen LogP contribution >= 0.6 is 0 Å². The number of furan rings is 1. The van der Waals surface area contributed by atoms with Crippen molar-refractivity contribution in [2.24, 2.45) is 0 Å². The van der Waals surface area contributed by atoms with Gasteiger partial charge in [0.1, 0.15) is 5.58 Å². The zero-order valence-corrected chi connectivity index (χ0v) is 13.1. The molecule has 1 N–H and O–H groups in total. The smallest absolute Gasteiger partial charge is 0.228 e. The third-order valence-corrected chi connectivity index (χ3v) is 3.74. The number of benzene rings is 2. The van der Waals surface area contributed by atoms with E-state index in [4.69, 9.17) is 4.42 Å². The summed E-state index contributed by atoms with van der Waals surface area (Å²) in [7, 11) is 0. The summed E-state index contributed by atoms with van der Waals surface area (Å²) >= 11 is 0. The van der Waals surface area contributed by atoms with Gasteiger partial charge in [-0.25, -0.2) is 0 Å². The van der Waals surface area contributed by atoms with E-state index in [2.05, 4.69) is 5.32 Å². The second-order valence-electron chi connectivity index (χ2n) is 5.62. The minimum atomic E-state index is -0.121. The van der Waals surface area contributed by atoms with E-state index in [1.807, 2.05) is 25.1 Å². The Morgan fingerprint density at radius 3 is 2.52 bits per heavy atom. The lowest BCUT2D eigenvalue weighted by Gasteiger charge is -2.05. The Morgan fingerprint density at radius 1 is 1.09 bits per heavy atom. The second kappa shape index (κ2) is 6.08. The number of hydrogen-bond donors (Lipinski definition) is 1. The van der Waals surface area contributed by atoms with E-state index in [0.717, 1.165) is 22.1 Å². The minimum Gasteiger partial charge on any atom is -0.464 e. The standard InChI is InChI=1S/C19H17NO3/c1-12-3-8-17-15(11-23-18(17)9-12)10-19(22)20-16-6-4-14(5-7-16)13(2)21/h3-9,11H,10H2,1-2H3,(H,20,22). The fraction of sp³-hybridized carbons (Fsp3) is 0.158. The van der Waals surface area contributed by atoms with Crippen molar-refractivity contribution in [1.82, 2.24) is 0 Å². The average Bonchev–Trinajstić information content (AvgIpc) is 2.89. The number of Topliss-reactive ketones (excluding diaryl/α,β-unsaturated/α-hetero) is 1. The summed E-state index contributed by atoms with van der Waals surface area (Å²) in [6.45, 7) is 3.51. The van der Waals surface area contributed by atoms with Gasteiger partial charge in [-0.3, -0.25) is 9.59 Å². The zero-order valence-electron chi connectivity index (χ0n) is 13.1. The molecule has 0 radical (unpaired) electrons. The van der Waals surface area contributed by atoms with E-state index >= 15 is 0 Å². The number of carbonyl (C=O) groups is 2. The van der Waals surface area contributed by atoms with E-state index in [1.54, 1.807) is 30.5 Å². The zero-order chi connectivity index (χ0) is 16.4. The molecule has 0 aliphatic heterocycles. The Morgan fingerprint density at radius 2 is 1.83 bits per heavy atom. The van der Waals surface area contributed by atoms with Crippen molar-refractivity contribution < 1.29 is 14.0 Å². The number of fused-ring (bicyclic) bond motifs is 1. The Kier molecular flexibility index (Phi) is 3.98. The minimum absolute atomic E-state index is 0.00281. The number of amides is 1. The molecule has 3 aromatic rings. The summed E-state index contributed by atoms with van der Waals surface area (Å²) in [5, 5.41) is 3.79. The Hall–Kier alpha value is -2.88. The van der Waals surface area contributed by atoms with Crippen LogP contribution in [0.25, 0.3) is 11.0 Å². The summed E-state index contributed by atoms with van der Waals surface area (Å²) < 4.78 is 5.51. The third kappa shape index (κ3) is 3.31. The number of aryl methyl sites for hydroxylation is 1. The number of anilines is 1. The highest BCUT2D eigenvalue weighted by molar-refractivity contribution is 5.97. The normalized spacial score (nSPS) is 10.7. The first-order valence-electron chi connectivity index (χ1n) is 7.40. The molecule has 0 saturated carbocycles. The number of hydrogen-bond acceptors (Lipinski definition) is 3. The van der Waals surface area contributed by atoms with Crippen molar-refractivity contribution in [3.63, 3.8) is 0 Å². The molecule has 4 heteroatoms. The van der Waals surface area contributed by atoms with Gasteiger partial charge in [0, 0.05) is 22.2 Å². The van der Waals surface area contributed by atoms with Crippen molar-refractivity contribution in [1.29, 1.82) is 0 Å². The molecule has 1 heterocycles. The first kappa shape index (κ1) is 15.0. The van der Waals surface area contributed by atoms with E-state index in [-0.39, 0.29) is 18.1 Å². The molecule has 0 aliphatic rings. The molecular formula is C19H17NO3. The summed E-state index contributed by atoms with van der Waals surface area (Å²) in [6, 6.07) is 12.8. The molecule has 0 fully saturated rings. The highest BCUT2D eigenvalue weighted by Crippen LogP contribution is 2.23. The van der Waals surface area contributed by atoms with Gasteiger partial charge < -0.3 is 9.73 Å². The maximum atomic E-state index is 12.2. The molecule has 1 aromatic heterocycles. The van der Waals surface area contributed by atoms with Crippen molar-refractivity contribution in [3.05, 3.63) is 65.4 Å². The van der Waals surface area contributed by atoms with Crippen LogP contribution in [0.1, 0.15) is 28.4 Å². The van der Waals surface area contributed by atoms with Gasteiger partial charge in [0.2, 0.25) is 5.91 Å². The van der Waals surface area contributed by atoms with Gasteiger partial charge in [-0.15, -0.1) is 0 Å².